The van der Waals surface area contributed by atoms with Crippen molar-refractivity contribution in [3.05, 3.63) is 65.2 Å². The van der Waals surface area contributed by atoms with E-state index in [2.05, 4.69) is 4.99 Å². The van der Waals surface area contributed by atoms with Crippen LogP contribution in [-0.4, -0.2) is 85.8 Å². The Bertz CT molecular complexity index is 1120. The maximum atomic E-state index is 12.4. The van der Waals surface area contributed by atoms with E-state index in [1.807, 2.05) is 48.5 Å². The van der Waals surface area contributed by atoms with Crippen molar-refractivity contribution >= 4 is 23.8 Å². The molecule has 1 heterocycles. The minimum Gasteiger partial charge on any atom is -0.393 e. The van der Waals surface area contributed by atoms with E-state index in [0.717, 1.165) is 28.7 Å². The fourth-order valence-corrected chi connectivity index (χ4v) is 4.54. The normalized spacial score (nSPS) is 18.6. The third kappa shape index (κ3) is 6.44. The predicted octanol–water partition coefficient (Wildman–Crippen LogP) is -0.206. The molecular weight excluding hydrogens is 492 g/mol. The van der Waals surface area contributed by atoms with E-state index in [9.17, 15) is 35.4 Å². The smallest absolute Gasteiger partial charge is 0.230 e. The molecule has 2 aromatic carbocycles. The number of aliphatic imine (C=N–C) groups is 1. The van der Waals surface area contributed by atoms with Gasteiger partial charge in [0.2, 0.25) is 5.91 Å². The summed E-state index contributed by atoms with van der Waals surface area (Å²) in [6.07, 6.45) is 0.625. The Morgan fingerprint density at radius 2 is 1.55 bits per heavy atom. The third-order valence-electron chi connectivity index (χ3n) is 7.11. The van der Waals surface area contributed by atoms with Crippen molar-refractivity contribution < 1.29 is 35.4 Å². The van der Waals surface area contributed by atoms with E-state index >= 15 is 0 Å². The summed E-state index contributed by atoms with van der Waals surface area (Å²) in [6, 6.07) is 14.9. The van der Waals surface area contributed by atoms with Crippen molar-refractivity contribution in [2.45, 2.75) is 55.5 Å². The number of nitrogens with zero attached hydrogens (tertiary/aromatic N) is 2. The molecule has 0 radical (unpaired) electrons. The molecule has 0 bridgehead atoms. The zero-order valence-electron chi connectivity index (χ0n) is 21.1. The number of anilines is 1. The van der Waals surface area contributed by atoms with E-state index in [4.69, 9.17) is 11.1 Å². The minimum atomic E-state index is -2.36. The molecular formula is C27H36N4O7. The zero-order valence-corrected chi connectivity index (χ0v) is 21.1. The van der Waals surface area contributed by atoms with Gasteiger partial charge in [0.1, 0.15) is 29.5 Å². The summed E-state index contributed by atoms with van der Waals surface area (Å²) in [5, 5.41) is 66.4. The van der Waals surface area contributed by atoms with Gasteiger partial charge in [0.25, 0.3) is 0 Å². The molecule has 3 atom stereocenters. The molecule has 3 unspecified atom stereocenters. The second kappa shape index (κ2) is 12.6. The van der Waals surface area contributed by atoms with Crippen LogP contribution in [-0.2, 0) is 17.6 Å². The lowest BCUT2D eigenvalue weighted by Gasteiger charge is -2.41. The summed E-state index contributed by atoms with van der Waals surface area (Å²) in [4.78, 5) is 17.9. The first-order valence-electron chi connectivity index (χ1n) is 12.4. The molecule has 206 valence electrons. The van der Waals surface area contributed by atoms with Gasteiger partial charge in [0.15, 0.2) is 0 Å². The number of amidine groups is 1. The number of carbonyl (C=O) groups is 1. The van der Waals surface area contributed by atoms with Crippen molar-refractivity contribution in [1.29, 1.82) is 5.41 Å². The number of hydrogen-bond donors (Lipinski definition) is 8. The summed E-state index contributed by atoms with van der Waals surface area (Å²) >= 11 is 0. The number of aryl methyl sites for hydroxylation is 2. The number of carbonyl (C=O) groups excluding carboxylic acids is 1. The average molecular weight is 529 g/mol. The largest absolute Gasteiger partial charge is 0.393 e. The Kier molecular flexibility index (Phi) is 9.71. The van der Waals surface area contributed by atoms with Crippen LogP contribution in [0.2, 0.25) is 0 Å². The van der Waals surface area contributed by atoms with E-state index in [-0.39, 0.29) is 24.8 Å². The lowest BCUT2D eigenvalue weighted by atomic mass is 9.81. The van der Waals surface area contributed by atoms with E-state index in [0.29, 0.717) is 25.1 Å². The quantitative estimate of drug-likeness (QED) is 0.0934. The lowest BCUT2D eigenvalue weighted by Crippen LogP contribution is -2.62. The van der Waals surface area contributed by atoms with E-state index < -0.39 is 37.1 Å². The number of amides is 1. The molecule has 11 heteroatoms. The number of aliphatic hydroxyl groups excluding tert-OH is 4. The van der Waals surface area contributed by atoms with Gasteiger partial charge >= 0.3 is 0 Å². The number of nitrogens with one attached hydrogen (secondary N) is 1. The monoisotopic (exact) mass is 528 g/mol. The first-order valence-corrected chi connectivity index (χ1v) is 12.4. The highest BCUT2D eigenvalue weighted by Gasteiger charge is 2.48. The molecule has 0 spiro atoms. The van der Waals surface area contributed by atoms with Crippen molar-refractivity contribution in [2.75, 3.05) is 24.7 Å². The molecule has 3 rings (SSSR count). The first kappa shape index (κ1) is 29.4. The van der Waals surface area contributed by atoms with Crippen molar-refractivity contribution in [2.24, 2.45) is 10.7 Å². The van der Waals surface area contributed by atoms with Gasteiger partial charge in [-0.25, -0.2) is 4.99 Å². The molecule has 9 N–H and O–H groups in total. The van der Waals surface area contributed by atoms with Gasteiger partial charge in [-0.15, -0.1) is 0 Å². The molecule has 11 nitrogen and oxygen atoms in total. The highest BCUT2D eigenvalue weighted by molar-refractivity contribution is 6.01. The SMILES string of the molecule is N=CN=C(N)CCc1ccc(N2C(=O)CC2c2ccc(CCC(O)(CO)C(O)C(O)(CO)CO)cc2)cc1. The van der Waals surface area contributed by atoms with Crippen LogP contribution >= 0.6 is 0 Å². The van der Waals surface area contributed by atoms with Gasteiger partial charge < -0.3 is 41.3 Å². The lowest BCUT2D eigenvalue weighted by molar-refractivity contribution is -0.212. The van der Waals surface area contributed by atoms with Crippen LogP contribution in [0.15, 0.2) is 53.5 Å². The molecule has 0 aromatic heterocycles. The topological polar surface area (TPSA) is 204 Å². The fourth-order valence-electron chi connectivity index (χ4n) is 4.54. The second-order valence-electron chi connectivity index (χ2n) is 9.73. The Morgan fingerprint density at radius 3 is 2.08 bits per heavy atom. The maximum absolute atomic E-state index is 12.4. The molecule has 1 aliphatic rings. The van der Waals surface area contributed by atoms with Crippen LogP contribution in [0.1, 0.15) is 42.0 Å². The van der Waals surface area contributed by atoms with Crippen LogP contribution in [0.5, 0.6) is 0 Å². The maximum Gasteiger partial charge on any atom is 0.230 e. The molecule has 38 heavy (non-hydrogen) atoms. The molecule has 1 saturated heterocycles. The van der Waals surface area contributed by atoms with Gasteiger partial charge in [0.05, 0.1) is 32.3 Å². The summed E-state index contributed by atoms with van der Waals surface area (Å²) in [5.74, 6) is 0.399. The summed E-state index contributed by atoms with van der Waals surface area (Å²) < 4.78 is 0. The van der Waals surface area contributed by atoms with Crippen molar-refractivity contribution in [3.8, 4) is 0 Å². The van der Waals surface area contributed by atoms with Crippen molar-refractivity contribution in [1.82, 2.24) is 0 Å². The fraction of sp³-hybridized carbons (Fsp3) is 0.444. The summed E-state index contributed by atoms with van der Waals surface area (Å²) in [5.41, 5.74) is 4.76. The van der Waals surface area contributed by atoms with Crippen LogP contribution < -0.4 is 10.6 Å². The minimum absolute atomic E-state index is 0.0106. The number of aliphatic hydroxyl groups is 6. The number of β-lactam (4-membered cyclic amide) rings is 1. The number of hydrogen-bond acceptors (Lipinski definition) is 8. The Hall–Kier alpha value is -3.19. The molecule has 2 aromatic rings. The highest BCUT2D eigenvalue weighted by atomic mass is 16.4. The molecule has 1 aliphatic heterocycles. The van der Waals surface area contributed by atoms with Crippen LogP contribution in [0.4, 0.5) is 5.69 Å². The van der Waals surface area contributed by atoms with E-state index in [1.54, 1.807) is 4.90 Å². The zero-order chi connectivity index (χ0) is 27.9. The summed E-state index contributed by atoms with van der Waals surface area (Å²) in [6.45, 7) is -2.86. The third-order valence-corrected chi connectivity index (χ3v) is 7.11. The number of nitrogens with two attached hydrogens (primary N) is 1. The van der Waals surface area contributed by atoms with Gasteiger partial charge in [-0.2, -0.15) is 0 Å². The summed E-state index contributed by atoms with van der Waals surface area (Å²) in [7, 11) is 0. The van der Waals surface area contributed by atoms with Crippen molar-refractivity contribution in [3.63, 3.8) is 0 Å². The van der Waals surface area contributed by atoms with E-state index in [1.165, 1.54) is 0 Å². The molecule has 0 aliphatic carbocycles. The standard InChI is InChI=1S/C27H36N4O7/c28-17-30-23(29)10-5-18-3-8-21(9-4-18)31-22(13-24(31)35)20-6-1-19(2-7-20)11-12-26(37,14-32)25(36)27(38,15-33)16-34/h1-4,6-9,17,22,25,32-34,36-38H,5,10-16H2,(H3,28,29,30). The van der Waals surface area contributed by atoms with Crippen LogP contribution in [0.3, 0.4) is 0 Å². The first-order chi connectivity index (χ1) is 18.1. The molecule has 1 amide bonds. The van der Waals surface area contributed by atoms with Gasteiger partial charge in [-0.3, -0.25) is 10.2 Å². The predicted molar refractivity (Wildman–Crippen MR) is 142 cm³/mol. The van der Waals surface area contributed by atoms with Crippen LogP contribution in [0, 0.1) is 5.41 Å². The average Bonchev–Trinajstić information content (AvgIpc) is 2.93. The number of rotatable bonds is 14. The molecule has 1 fully saturated rings. The highest BCUT2D eigenvalue weighted by Crippen LogP contribution is 2.39. The van der Waals surface area contributed by atoms with Gasteiger partial charge in [0, 0.05) is 12.1 Å². The van der Waals surface area contributed by atoms with Crippen LogP contribution in [0.25, 0.3) is 0 Å². The Morgan fingerprint density at radius 1 is 1.00 bits per heavy atom. The van der Waals surface area contributed by atoms with Gasteiger partial charge in [-0.05, 0) is 48.1 Å². The Labute approximate surface area is 221 Å². The molecule has 0 saturated carbocycles. The number of benzene rings is 2. The Balaban J connectivity index is 1.64. The second-order valence-corrected chi connectivity index (χ2v) is 9.73. The van der Waals surface area contributed by atoms with Gasteiger partial charge in [-0.1, -0.05) is 36.4 Å².